The number of rotatable bonds is 4. The van der Waals surface area contributed by atoms with Crippen molar-refractivity contribution in [2.24, 2.45) is 0 Å². The number of H-pyrrole nitrogens is 1. The minimum atomic E-state index is -0.361. The second-order valence-electron chi connectivity index (χ2n) is 10.0. The molecule has 4 aromatic rings. The molecule has 0 aliphatic heterocycles. The molecule has 0 spiro atoms. The van der Waals surface area contributed by atoms with Crippen LogP contribution >= 0.6 is 0 Å². The molecular formula is C27H30N6O2. The Morgan fingerprint density at radius 3 is 2.69 bits per heavy atom. The molecule has 1 aliphatic carbocycles. The van der Waals surface area contributed by atoms with Gasteiger partial charge in [0.05, 0.1) is 11.4 Å². The molecule has 0 saturated carbocycles. The molecule has 5 rings (SSSR count). The number of fused-ring (bicyclic) bond motifs is 2. The van der Waals surface area contributed by atoms with Gasteiger partial charge in [-0.1, -0.05) is 63.2 Å². The van der Waals surface area contributed by atoms with Gasteiger partial charge < -0.3 is 5.32 Å². The molecular weight excluding hydrogens is 440 g/mol. The fourth-order valence-electron chi connectivity index (χ4n) is 4.47. The van der Waals surface area contributed by atoms with Gasteiger partial charge in [0, 0.05) is 23.6 Å². The average Bonchev–Trinajstić information content (AvgIpc) is 3.27. The van der Waals surface area contributed by atoms with Gasteiger partial charge in [0.15, 0.2) is 0 Å². The fourth-order valence-corrected chi connectivity index (χ4v) is 4.47. The van der Waals surface area contributed by atoms with Gasteiger partial charge in [-0.05, 0) is 42.0 Å². The largest absolute Gasteiger partial charge is 0.334 e. The number of carbonyl (C=O) groups is 1. The molecule has 0 radical (unpaired) electrons. The summed E-state index contributed by atoms with van der Waals surface area (Å²) in [7, 11) is 0. The number of hydrogen-bond donors (Lipinski definition) is 3. The van der Waals surface area contributed by atoms with Gasteiger partial charge in [-0.3, -0.25) is 15.1 Å². The molecule has 180 valence electrons. The molecule has 2 aromatic carbocycles. The number of amides is 2. The molecule has 8 nitrogen and oxygen atoms in total. The Labute approximate surface area is 203 Å². The van der Waals surface area contributed by atoms with Crippen molar-refractivity contribution in [2.45, 2.75) is 58.4 Å². The van der Waals surface area contributed by atoms with Crippen molar-refractivity contribution in [1.82, 2.24) is 25.1 Å². The van der Waals surface area contributed by atoms with Gasteiger partial charge in [-0.15, -0.1) is 0 Å². The highest BCUT2D eigenvalue weighted by atomic mass is 16.2. The normalized spacial score (nSPS) is 13.5. The van der Waals surface area contributed by atoms with E-state index >= 15 is 0 Å². The van der Waals surface area contributed by atoms with E-state index in [1.807, 2.05) is 57.2 Å². The molecule has 8 heteroatoms. The summed E-state index contributed by atoms with van der Waals surface area (Å²) in [6, 6.07) is 15.6. The lowest BCUT2D eigenvalue weighted by Crippen LogP contribution is -2.30. The number of carbonyl (C=O) groups excluding carboxylic acids is 1. The van der Waals surface area contributed by atoms with Crippen molar-refractivity contribution in [2.75, 3.05) is 5.32 Å². The summed E-state index contributed by atoms with van der Waals surface area (Å²) in [5.74, 6) is 0.764. The van der Waals surface area contributed by atoms with Crippen LogP contribution in [0.15, 0.2) is 53.3 Å². The number of aromatic nitrogens is 4. The number of urea groups is 1. The Morgan fingerprint density at radius 1 is 1.09 bits per heavy atom. The molecule has 2 aromatic heterocycles. The number of nitrogens with zero attached hydrogens (tertiary/aromatic N) is 3. The predicted octanol–water partition coefficient (Wildman–Crippen LogP) is 4.61. The van der Waals surface area contributed by atoms with Crippen LogP contribution in [0.5, 0.6) is 0 Å². The SMILES string of the molecule is CC(C)(C)c1cc(NC(=O)NCc2cccc3ccccc23)n(-c2nc3c(c(=O)[nH]2)CCCC3)n1. The highest BCUT2D eigenvalue weighted by Gasteiger charge is 2.24. The van der Waals surface area contributed by atoms with Gasteiger partial charge in [0.25, 0.3) is 5.56 Å². The first kappa shape index (κ1) is 22.8. The third-order valence-electron chi connectivity index (χ3n) is 6.42. The molecule has 0 bridgehead atoms. The number of aryl methyl sites for hydroxylation is 1. The zero-order valence-electron chi connectivity index (χ0n) is 20.3. The molecule has 2 amide bonds. The quantitative estimate of drug-likeness (QED) is 0.405. The molecule has 0 unspecified atom stereocenters. The summed E-state index contributed by atoms with van der Waals surface area (Å²) in [4.78, 5) is 33.2. The highest BCUT2D eigenvalue weighted by molar-refractivity contribution is 5.90. The zero-order chi connectivity index (χ0) is 24.6. The first-order valence-electron chi connectivity index (χ1n) is 12.0. The summed E-state index contributed by atoms with van der Waals surface area (Å²) in [6.45, 7) is 6.52. The molecule has 0 fully saturated rings. The monoisotopic (exact) mass is 470 g/mol. The highest BCUT2D eigenvalue weighted by Crippen LogP contribution is 2.26. The van der Waals surface area contributed by atoms with E-state index in [9.17, 15) is 9.59 Å². The third kappa shape index (κ3) is 4.69. The maximum absolute atomic E-state index is 12.9. The van der Waals surface area contributed by atoms with Gasteiger partial charge in [0.1, 0.15) is 5.82 Å². The van der Waals surface area contributed by atoms with E-state index in [2.05, 4.69) is 27.8 Å². The van der Waals surface area contributed by atoms with Crippen LogP contribution < -0.4 is 16.2 Å². The summed E-state index contributed by atoms with van der Waals surface area (Å²) >= 11 is 0. The first-order chi connectivity index (χ1) is 16.8. The summed E-state index contributed by atoms with van der Waals surface area (Å²) in [5, 5.41) is 12.8. The van der Waals surface area contributed by atoms with E-state index in [1.165, 1.54) is 4.68 Å². The van der Waals surface area contributed by atoms with E-state index in [4.69, 9.17) is 10.1 Å². The van der Waals surface area contributed by atoms with Gasteiger partial charge in [-0.25, -0.2) is 9.78 Å². The third-order valence-corrected chi connectivity index (χ3v) is 6.42. The summed E-state index contributed by atoms with van der Waals surface area (Å²) in [5.41, 5.74) is 2.99. The number of nitrogens with one attached hydrogen (secondary N) is 3. The maximum Gasteiger partial charge on any atom is 0.320 e. The maximum atomic E-state index is 12.9. The molecule has 3 N–H and O–H groups in total. The van der Waals surface area contributed by atoms with Crippen molar-refractivity contribution in [3.63, 3.8) is 0 Å². The molecule has 0 atom stereocenters. The lowest BCUT2D eigenvalue weighted by atomic mass is 9.92. The van der Waals surface area contributed by atoms with E-state index in [0.717, 1.165) is 59.0 Å². The van der Waals surface area contributed by atoms with E-state index < -0.39 is 0 Å². The van der Waals surface area contributed by atoms with Crippen LogP contribution in [0.3, 0.4) is 0 Å². The molecule has 2 heterocycles. The van der Waals surface area contributed by atoms with Crippen LogP contribution in [0.2, 0.25) is 0 Å². The van der Waals surface area contributed by atoms with E-state index in [1.54, 1.807) is 0 Å². The number of hydrogen-bond acceptors (Lipinski definition) is 4. The zero-order valence-corrected chi connectivity index (χ0v) is 20.3. The number of anilines is 1. The molecule has 0 saturated heterocycles. The molecule has 1 aliphatic rings. The van der Waals surface area contributed by atoms with Crippen LogP contribution in [-0.4, -0.2) is 25.8 Å². The van der Waals surface area contributed by atoms with E-state index in [0.29, 0.717) is 18.3 Å². The Balaban J connectivity index is 1.42. The predicted molar refractivity (Wildman–Crippen MR) is 137 cm³/mol. The Morgan fingerprint density at radius 2 is 1.86 bits per heavy atom. The standard InChI is InChI=1S/C27H30N6O2/c1-27(2,3)22-15-23(33(32-22)25-29-21-14-7-6-13-20(21)24(34)31-25)30-26(35)28-16-18-11-8-10-17-9-4-5-12-19(17)18/h4-5,8-12,15H,6-7,13-14,16H2,1-3H3,(H2,28,30,35)(H,29,31,34). The first-order valence-corrected chi connectivity index (χ1v) is 12.0. The number of benzene rings is 2. The minimum absolute atomic E-state index is 0.135. The van der Waals surface area contributed by atoms with Crippen LogP contribution in [-0.2, 0) is 24.8 Å². The van der Waals surface area contributed by atoms with Crippen LogP contribution in [0.4, 0.5) is 10.6 Å². The Bertz CT molecular complexity index is 1460. The van der Waals surface area contributed by atoms with Crippen molar-refractivity contribution in [3.8, 4) is 5.95 Å². The number of aromatic amines is 1. The Hall–Kier alpha value is -3.94. The van der Waals surface area contributed by atoms with Gasteiger partial charge >= 0.3 is 6.03 Å². The van der Waals surface area contributed by atoms with Crippen LogP contribution in [0.25, 0.3) is 16.7 Å². The van der Waals surface area contributed by atoms with Crippen LogP contribution in [0.1, 0.15) is 56.1 Å². The average molecular weight is 471 g/mol. The van der Waals surface area contributed by atoms with Gasteiger partial charge in [0.2, 0.25) is 5.95 Å². The summed E-state index contributed by atoms with van der Waals surface area (Å²) < 4.78 is 1.52. The van der Waals surface area contributed by atoms with E-state index in [-0.39, 0.29) is 17.0 Å². The smallest absolute Gasteiger partial charge is 0.320 e. The van der Waals surface area contributed by atoms with Crippen LogP contribution in [0, 0.1) is 0 Å². The fraction of sp³-hybridized carbons (Fsp3) is 0.333. The second kappa shape index (κ2) is 9.02. The lowest BCUT2D eigenvalue weighted by molar-refractivity contribution is 0.251. The van der Waals surface area contributed by atoms with Crippen molar-refractivity contribution in [3.05, 3.63) is 81.4 Å². The van der Waals surface area contributed by atoms with Crippen molar-refractivity contribution in [1.29, 1.82) is 0 Å². The minimum Gasteiger partial charge on any atom is -0.334 e. The Kier molecular flexibility index (Phi) is 5.88. The summed E-state index contributed by atoms with van der Waals surface area (Å²) in [6.07, 6.45) is 3.52. The van der Waals surface area contributed by atoms with Gasteiger partial charge in [-0.2, -0.15) is 9.78 Å². The van der Waals surface area contributed by atoms with Crippen molar-refractivity contribution < 1.29 is 4.79 Å². The topological polar surface area (TPSA) is 105 Å². The second-order valence-corrected chi connectivity index (χ2v) is 10.0. The lowest BCUT2D eigenvalue weighted by Gasteiger charge is -2.16. The molecule has 35 heavy (non-hydrogen) atoms. The van der Waals surface area contributed by atoms with Crippen molar-refractivity contribution >= 4 is 22.6 Å².